The van der Waals surface area contributed by atoms with E-state index in [1.165, 1.54) is 0 Å². The Morgan fingerprint density at radius 1 is 1.03 bits per heavy atom. The molecule has 0 unspecified atom stereocenters. The molecule has 2 aliphatic rings. The highest BCUT2D eigenvalue weighted by atomic mass is 16.5. The summed E-state index contributed by atoms with van der Waals surface area (Å²) in [4.78, 5) is 35.1. The number of morpholine rings is 1. The normalized spacial score (nSPS) is 15.5. The van der Waals surface area contributed by atoms with Crippen LogP contribution in [0.2, 0.25) is 0 Å². The number of amides is 2. The molecule has 0 saturated carbocycles. The number of nitriles is 1. The Morgan fingerprint density at radius 3 is 2.56 bits per heavy atom. The highest BCUT2D eigenvalue weighted by molar-refractivity contribution is 6.08. The van der Waals surface area contributed by atoms with Crippen LogP contribution in [-0.4, -0.2) is 66.0 Å². The number of benzene rings is 2. The lowest BCUT2D eigenvalue weighted by Gasteiger charge is -2.32. The molecule has 172 valence electrons. The van der Waals surface area contributed by atoms with Crippen LogP contribution in [0.25, 0.3) is 10.9 Å². The van der Waals surface area contributed by atoms with E-state index in [1.807, 2.05) is 29.2 Å². The molecule has 0 bridgehead atoms. The van der Waals surface area contributed by atoms with Gasteiger partial charge in [-0.05, 0) is 30.3 Å². The lowest BCUT2D eigenvalue weighted by Crippen LogP contribution is -2.43. The first kappa shape index (κ1) is 21.9. The molecule has 2 aromatic carbocycles. The van der Waals surface area contributed by atoms with Crippen LogP contribution in [0.15, 0.2) is 48.5 Å². The largest absolute Gasteiger partial charge is 0.378 e. The van der Waals surface area contributed by atoms with Gasteiger partial charge in [-0.25, -0.2) is 0 Å². The summed E-state index contributed by atoms with van der Waals surface area (Å²) in [7, 11) is 0. The third-order valence-corrected chi connectivity index (χ3v) is 6.37. The van der Waals surface area contributed by atoms with Crippen LogP contribution in [0.3, 0.4) is 0 Å². The van der Waals surface area contributed by atoms with Crippen molar-refractivity contribution in [1.29, 1.82) is 5.26 Å². The zero-order valence-corrected chi connectivity index (χ0v) is 18.8. The Labute approximate surface area is 197 Å². The monoisotopic (exact) mass is 455 g/mol. The Bertz CT molecular complexity index is 1280. The van der Waals surface area contributed by atoms with Gasteiger partial charge < -0.3 is 19.9 Å². The van der Waals surface area contributed by atoms with Crippen molar-refractivity contribution in [3.05, 3.63) is 70.9 Å². The van der Waals surface area contributed by atoms with Crippen molar-refractivity contribution in [2.45, 2.75) is 13.0 Å². The van der Waals surface area contributed by atoms with Gasteiger partial charge in [0, 0.05) is 54.9 Å². The third kappa shape index (κ3) is 4.30. The van der Waals surface area contributed by atoms with Crippen LogP contribution in [-0.2, 0) is 22.5 Å². The third-order valence-electron chi connectivity index (χ3n) is 6.37. The average Bonchev–Trinajstić information content (AvgIpc) is 2.90. The zero-order valence-electron chi connectivity index (χ0n) is 18.8. The molecule has 3 heterocycles. The standard InChI is InChI=1S/C26H25N5O3/c27-15-18-5-7-19(8-6-18)28-16-24(32)31-10-9-23-21(17-31)25(20-3-1-2-4-22(20)29-23)26(33)30-11-13-34-14-12-30/h1-8,28H,9-14,16-17H2. The number of aromatic nitrogens is 1. The molecule has 1 aromatic heterocycles. The smallest absolute Gasteiger partial charge is 0.255 e. The first-order chi connectivity index (χ1) is 16.6. The van der Waals surface area contributed by atoms with E-state index in [0.29, 0.717) is 56.9 Å². The summed E-state index contributed by atoms with van der Waals surface area (Å²) in [6.45, 7) is 3.22. The molecule has 1 N–H and O–H groups in total. The molecule has 0 aliphatic carbocycles. The number of hydrogen-bond acceptors (Lipinski definition) is 6. The number of para-hydroxylation sites is 1. The number of carbonyl (C=O) groups excluding carboxylic acids is 2. The van der Waals surface area contributed by atoms with Crippen LogP contribution in [0.1, 0.15) is 27.2 Å². The molecule has 2 amide bonds. The second kappa shape index (κ2) is 9.49. The number of pyridine rings is 1. The van der Waals surface area contributed by atoms with Crippen LogP contribution >= 0.6 is 0 Å². The fraction of sp³-hybridized carbons (Fsp3) is 0.308. The van der Waals surface area contributed by atoms with Crippen molar-refractivity contribution >= 4 is 28.4 Å². The topological polar surface area (TPSA) is 98.6 Å². The van der Waals surface area contributed by atoms with E-state index >= 15 is 0 Å². The van der Waals surface area contributed by atoms with Crippen molar-refractivity contribution in [2.75, 3.05) is 44.7 Å². The second-order valence-electron chi connectivity index (χ2n) is 8.44. The van der Waals surface area contributed by atoms with Crippen LogP contribution < -0.4 is 5.32 Å². The Kier molecular flexibility index (Phi) is 6.11. The van der Waals surface area contributed by atoms with Crippen LogP contribution in [0.5, 0.6) is 0 Å². The van der Waals surface area contributed by atoms with E-state index in [0.717, 1.165) is 27.8 Å². The summed E-state index contributed by atoms with van der Waals surface area (Å²) in [5.41, 5.74) is 4.54. The lowest BCUT2D eigenvalue weighted by molar-refractivity contribution is -0.130. The molecule has 0 spiro atoms. The minimum atomic E-state index is -0.0482. The SMILES string of the molecule is N#Cc1ccc(NCC(=O)N2CCc3nc4ccccc4c(C(=O)N4CCOCC4)c3C2)cc1. The zero-order chi connectivity index (χ0) is 23.5. The summed E-state index contributed by atoms with van der Waals surface area (Å²) in [6.07, 6.45) is 0.603. The van der Waals surface area contributed by atoms with Crippen LogP contribution in [0.4, 0.5) is 5.69 Å². The summed E-state index contributed by atoms with van der Waals surface area (Å²) >= 11 is 0. The number of anilines is 1. The minimum absolute atomic E-state index is 0.0249. The molecule has 3 aromatic rings. The van der Waals surface area contributed by atoms with Gasteiger partial charge in [0.1, 0.15) is 0 Å². The quantitative estimate of drug-likeness (QED) is 0.649. The Balaban J connectivity index is 1.40. The second-order valence-corrected chi connectivity index (χ2v) is 8.44. The van der Waals surface area contributed by atoms with E-state index in [-0.39, 0.29) is 18.4 Å². The number of carbonyl (C=O) groups is 2. The molecular formula is C26H25N5O3. The van der Waals surface area contributed by atoms with Crippen molar-refractivity contribution < 1.29 is 14.3 Å². The Hall–Kier alpha value is -3.96. The molecule has 0 radical (unpaired) electrons. The first-order valence-electron chi connectivity index (χ1n) is 11.4. The lowest BCUT2D eigenvalue weighted by atomic mass is 9.94. The van der Waals surface area contributed by atoms with Gasteiger partial charge in [-0.15, -0.1) is 0 Å². The summed E-state index contributed by atoms with van der Waals surface area (Å²) in [5.74, 6) is -0.0731. The molecule has 8 nitrogen and oxygen atoms in total. The fourth-order valence-corrected chi connectivity index (χ4v) is 4.52. The van der Waals surface area contributed by atoms with E-state index in [2.05, 4.69) is 11.4 Å². The summed E-state index contributed by atoms with van der Waals surface area (Å²) < 4.78 is 5.43. The molecule has 34 heavy (non-hydrogen) atoms. The predicted octanol–water partition coefficient (Wildman–Crippen LogP) is 2.58. The highest BCUT2D eigenvalue weighted by Crippen LogP contribution is 2.29. The molecule has 8 heteroatoms. The number of rotatable bonds is 4. The average molecular weight is 456 g/mol. The maximum atomic E-state index is 13.6. The summed E-state index contributed by atoms with van der Waals surface area (Å²) in [6, 6.07) is 16.8. The van der Waals surface area contributed by atoms with Gasteiger partial charge in [0.05, 0.1) is 42.5 Å². The number of nitrogens with one attached hydrogen (secondary N) is 1. The van der Waals surface area contributed by atoms with Crippen molar-refractivity contribution in [3.63, 3.8) is 0 Å². The minimum Gasteiger partial charge on any atom is -0.378 e. The van der Waals surface area contributed by atoms with E-state index in [4.69, 9.17) is 15.0 Å². The molecule has 2 aliphatic heterocycles. The molecule has 1 saturated heterocycles. The summed E-state index contributed by atoms with van der Waals surface area (Å²) in [5, 5.41) is 12.9. The van der Waals surface area contributed by atoms with Gasteiger partial charge in [-0.1, -0.05) is 18.2 Å². The molecule has 1 fully saturated rings. The van der Waals surface area contributed by atoms with Gasteiger partial charge in [0.15, 0.2) is 0 Å². The van der Waals surface area contributed by atoms with Gasteiger partial charge in [0.25, 0.3) is 5.91 Å². The van der Waals surface area contributed by atoms with Crippen LogP contribution in [0, 0.1) is 11.3 Å². The maximum absolute atomic E-state index is 13.6. The van der Waals surface area contributed by atoms with Gasteiger partial charge in [-0.2, -0.15) is 5.26 Å². The number of fused-ring (bicyclic) bond motifs is 2. The van der Waals surface area contributed by atoms with E-state index in [1.54, 1.807) is 29.2 Å². The van der Waals surface area contributed by atoms with E-state index in [9.17, 15) is 9.59 Å². The number of nitrogens with zero attached hydrogens (tertiary/aromatic N) is 4. The fourth-order valence-electron chi connectivity index (χ4n) is 4.52. The van der Waals surface area contributed by atoms with Crippen molar-refractivity contribution in [3.8, 4) is 6.07 Å². The van der Waals surface area contributed by atoms with Crippen molar-refractivity contribution in [1.82, 2.24) is 14.8 Å². The van der Waals surface area contributed by atoms with Crippen molar-refractivity contribution in [2.24, 2.45) is 0 Å². The van der Waals surface area contributed by atoms with Gasteiger partial charge in [0.2, 0.25) is 5.91 Å². The molecule has 0 atom stereocenters. The van der Waals surface area contributed by atoms with Gasteiger partial charge in [-0.3, -0.25) is 14.6 Å². The first-order valence-corrected chi connectivity index (χ1v) is 11.4. The highest BCUT2D eigenvalue weighted by Gasteiger charge is 2.30. The van der Waals surface area contributed by atoms with E-state index < -0.39 is 0 Å². The number of ether oxygens (including phenoxy) is 1. The number of hydrogen-bond donors (Lipinski definition) is 1. The molecule has 5 rings (SSSR count). The van der Waals surface area contributed by atoms with Gasteiger partial charge >= 0.3 is 0 Å². The maximum Gasteiger partial charge on any atom is 0.255 e. The predicted molar refractivity (Wildman–Crippen MR) is 127 cm³/mol. The Morgan fingerprint density at radius 2 is 1.79 bits per heavy atom. The molecular weight excluding hydrogens is 430 g/mol.